The highest BCUT2D eigenvalue weighted by molar-refractivity contribution is 5.87. The van der Waals surface area contributed by atoms with Crippen molar-refractivity contribution in [3.63, 3.8) is 0 Å². The van der Waals surface area contributed by atoms with Gasteiger partial charge in [-0.2, -0.15) is 0 Å². The first-order chi connectivity index (χ1) is 12.7. The minimum Gasteiger partial charge on any atom is -0.399 e. The number of nitrogens with two attached hydrogens (primary N) is 2. The molecule has 0 unspecified atom stereocenters. The van der Waals surface area contributed by atoms with Crippen LogP contribution in [0.1, 0.15) is 0 Å². The van der Waals surface area contributed by atoms with Crippen molar-refractivity contribution >= 4 is 33.4 Å². The Morgan fingerprint density at radius 3 is 2.31 bits per heavy atom. The van der Waals surface area contributed by atoms with E-state index in [-0.39, 0.29) is 0 Å². The summed E-state index contributed by atoms with van der Waals surface area (Å²) in [7, 11) is 0. The summed E-state index contributed by atoms with van der Waals surface area (Å²) >= 11 is 0. The fourth-order valence-electron chi connectivity index (χ4n) is 3.22. The van der Waals surface area contributed by atoms with Crippen molar-refractivity contribution in [1.29, 1.82) is 0 Å². The second kappa shape index (κ2) is 5.35. The second-order valence-electron chi connectivity index (χ2n) is 6.22. The molecule has 2 aromatic heterocycles. The first-order valence-corrected chi connectivity index (χ1v) is 8.28. The molecule has 0 saturated heterocycles. The van der Waals surface area contributed by atoms with E-state index in [0.717, 1.165) is 33.6 Å². The van der Waals surface area contributed by atoms with E-state index < -0.39 is 0 Å². The number of fused-ring (bicyclic) bond motifs is 2. The molecular weight excluding hydrogens is 324 g/mol. The first-order valence-electron chi connectivity index (χ1n) is 8.28. The van der Waals surface area contributed by atoms with E-state index in [1.54, 1.807) is 0 Å². The molecule has 0 aliphatic rings. The molecule has 0 saturated carbocycles. The quantitative estimate of drug-likeness (QED) is 0.426. The molecule has 6 heteroatoms. The average Bonchev–Trinajstić information content (AvgIpc) is 3.22. The third kappa shape index (κ3) is 2.20. The van der Waals surface area contributed by atoms with Crippen molar-refractivity contribution < 1.29 is 0 Å². The Kier molecular flexibility index (Phi) is 2.99. The summed E-state index contributed by atoms with van der Waals surface area (Å²) in [4.78, 5) is 12.8. The summed E-state index contributed by atoms with van der Waals surface area (Å²) in [5.41, 5.74) is 17.7. The summed E-state index contributed by atoms with van der Waals surface area (Å²) in [5, 5.41) is 0. The van der Waals surface area contributed by atoms with Crippen molar-refractivity contribution in [3.8, 4) is 17.3 Å². The minimum atomic E-state index is 0.680. The maximum absolute atomic E-state index is 5.95. The van der Waals surface area contributed by atoms with Crippen LogP contribution in [0.4, 0.5) is 11.4 Å². The predicted octanol–water partition coefficient (Wildman–Crippen LogP) is 3.73. The van der Waals surface area contributed by atoms with E-state index in [2.05, 4.69) is 9.55 Å². The highest BCUT2D eigenvalue weighted by atomic mass is 15.1. The zero-order valence-electron chi connectivity index (χ0n) is 13.8. The van der Waals surface area contributed by atoms with Gasteiger partial charge in [0.25, 0.3) is 0 Å². The number of benzene rings is 3. The van der Waals surface area contributed by atoms with Crippen LogP contribution in [0.25, 0.3) is 39.4 Å². The van der Waals surface area contributed by atoms with Crippen LogP contribution >= 0.6 is 0 Å². The zero-order valence-corrected chi connectivity index (χ0v) is 13.8. The molecule has 0 bridgehead atoms. The van der Waals surface area contributed by atoms with Gasteiger partial charge < -0.3 is 16.5 Å². The van der Waals surface area contributed by atoms with Crippen LogP contribution in [0, 0.1) is 0 Å². The summed E-state index contributed by atoms with van der Waals surface area (Å²) < 4.78 is 2.08. The van der Waals surface area contributed by atoms with Crippen molar-refractivity contribution in [3.05, 3.63) is 66.7 Å². The Morgan fingerprint density at radius 1 is 0.769 bits per heavy atom. The average molecular weight is 340 g/mol. The van der Waals surface area contributed by atoms with Crippen LogP contribution in [0.15, 0.2) is 66.7 Å². The van der Waals surface area contributed by atoms with Crippen molar-refractivity contribution in [1.82, 2.24) is 19.5 Å². The molecule has 0 aliphatic carbocycles. The molecule has 5 rings (SSSR count). The maximum atomic E-state index is 5.95. The minimum absolute atomic E-state index is 0.680. The highest BCUT2D eigenvalue weighted by Gasteiger charge is 2.17. The molecule has 5 N–H and O–H groups in total. The zero-order chi connectivity index (χ0) is 17.7. The fraction of sp³-hybridized carbons (Fsp3) is 0. The lowest BCUT2D eigenvalue weighted by atomic mass is 10.2. The van der Waals surface area contributed by atoms with E-state index in [1.165, 1.54) is 0 Å². The standard InChI is InChI=1S/C20H16N6/c21-12-6-8-15-16(10-12)24-19(23-15)20-25-17-11-13(22)7-9-18(17)26(20)14-4-2-1-3-5-14/h1-11H,21-22H2,(H,23,24). The molecule has 0 radical (unpaired) electrons. The van der Waals surface area contributed by atoms with Crippen LogP contribution in [-0.2, 0) is 0 Å². The molecule has 126 valence electrons. The van der Waals surface area contributed by atoms with E-state index in [0.29, 0.717) is 17.2 Å². The molecule has 0 atom stereocenters. The molecule has 6 nitrogen and oxygen atoms in total. The topological polar surface area (TPSA) is 98.5 Å². The normalized spacial score (nSPS) is 11.4. The number of rotatable bonds is 2. The number of hydrogen-bond acceptors (Lipinski definition) is 4. The summed E-state index contributed by atoms with van der Waals surface area (Å²) in [6.07, 6.45) is 0. The van der Waals surface area contributed by atoms with Gasteiger partial charge in [0.1, 0.15) is 0 Å². The third-order valence-electron chi connectivity index (χ3n) is 4.41. The Bertz CT molecular complexity index is 1250. The summed E-state index contributed by atoms with van der Waals surface area (Å²) in [6.45, 7) is 0. The lowest BCUT2D eigenvalue weighted by molar-refractivity contribution is 1.07. The van der Waals surface area contributed by atoms with Crippen molar-refractivity contribution in [2.24, 2.45) is 0 Å². The molecule has 2 heterocycles. The third-order valence-corrected chi connectivity index (χ3v) is 4.41. The van der Waals surface area contributed by atoms with Gasteiger partial charge in [-0.3, -0.25) is 4.57 Å². The first kappa shape index (κ1) is 14.5. The van der Waals surface area contributed by atoms with E-state index in [9.17, 15) is 0 Å². The smallest absolute Gasteiger partial charge is 0.181 e. The van der Waals surface area contributed by atoms with Gasteiger partial charge in [-0.15, -0.1) is 0 Å². The van der Waals surface area contributed by atoms with Gasteiger partial charge in [0, 0.05) is 17.1 Å². The largest absolute Gasteiger partial charge is 0.399 e. The van der Waals surface area contributed by atoms with Gasteiger partial charge in [-0.1, -0.05) is 18.2 Å². The van der Waals surface area contributed by atoms with Crippen LogP contribution in [0.5, 0.6) is 0 Å². The monoisotopic (exact) mass is 340 g/mol. The Balaban J connectivity index is 1.83. The molecule has 26 heavy (non-hydrogen) atoms. The molecule has 5 aromatic rings. The number of aromatic nitrogens is 4. The lowest BCUT2D eigenvalue weighted by Crippen LogP contribution is -1.98. The van der Waals surface area contributed by atoms with E-state index in [4.69, 9.17) is 21.4 Å². The van der Waals surface area contributed by atoms with Crippen molar-refractivity contribution in [2.75, 3.05) is 11.5 Å². The molecule has 0 aliphatic heterocycles. The maximum Gasteiger partial charge on any atom is 0.181 e. The van der Waals surface area contributed by atoms with Gasteiger partial charge in [0.15, 0.2) is 11.6 Å². The van der Waals surface area contributed by atoms with Gasteiger partial charge in [0.2, 0.25) is 0 Å². The number of H-pyrrole nitrogens is 1. The number of aromatic amines is 1. The Labute approximate surface area is 149 Å². The van der Waals surface area contributed by atoms with Crippen LogP contribution < -0.4 is 11.5 Å². The number of anilines is 2. The Hall–Kier alpha value is -3.80. The SMILES string of the molecule is Nc1ccc2[nH]c(-c3nc4cc(N)ccc4n3-c3ccccc3)nc2c1. The van der Waals surface area contributed by atoms with Crippen LogP contribution in [-0.4, -0.2) is 19.5 Å². The number of nitrogens with zero attached hydrogens (tertiary/aromatic N) is 3. The summed E-state index contributed by atoms with van der Waals surface area (Å²) in [5.74, 6) is 1.41. The number of hydrogen-bond donors (Lipinski definition) is 3. The number of nitrogen functional groups attached to an aromatic ring is 2. The second-order valence-corrected chi connectivity index (χ2v) is 6.22. The molecule has 3 aromatic carbocycles. The number of imidazole rings is 2. The van der Waals surface area contributed by atoms with Gasteiger partial charge >= 0.3 is 0 Å². The van der Waals surface area contributed by atoms with E-state index in [1.807, 2.05) is 66.7 Å². The Morgan fingerprint density at radius 2 is 1.50 bits per heavy atom. The van der Waals surface area contributed by atoms with Gasteiger partial charge in [0.05, 0.1) is 22.1 Å². The van der Waals surface area contributed by atoms with E-state index >= 15 is 0 Å². The van der Waals surface area contributed by atoms with Gasteiger partial charge in [-0.05, 0) is 48.5 Å². The van der Waals surface area contributed by atoms with Crippen LogP contribution in [0.3, 0.4) is 0 Å². The number of nitrogens with one attached hydrogen (secondary N) is 1. The lowest BCUT2D eigenvalue weighted by Gasteiger charge is -2.07. The predicted molar refractivity (Wildman–Crippen MR) is 105 cm³/mol. The van der Waals surface area contributed by atoms with Gasteiger partial charge in [-0.25, -0.2) is 9.97 Å². The fourth-order valence-corrected chi connectivity index (χ4v) is 3.22. The molecule has 0 spiro atoms. The molecular formula is C20H16N6. The van der Waals surface area contributed by atoms with Crippen molar-refractivity contribution in [2.45, 2.75) is 0 Å². The molecule has 0 fully saturated rings. The highest BCUT2D eigenvalue weighted by Crippen LogP contribution is 2.29. The molecule has 0 amide bonds. The van der Waals surface area contributed by atoms with Crippen LogP contribution in [0.2, 0.25) is 0 Å². The summed E-state index contributed by atoms with van der Waals surface area (Å²) in [6, 6.07) is 21.4. The number of para-hydroxylation sites is 1.